The Hall–Kier alpha value is -3.44. The molecule has 0 amide bonds. The predicted octanol–water partition coefficient (Wildman–Crippen LogP) is 5.00. The highest BCUT2D eigenvalue weighted by Gasteiger charge is 2.26. The van der Waals surface area contributed by atoms with Crippen molar-refractivity contribution in [3.8, 4) is 5.69 Å². The van der Waals surface area contributed by atoms with Crippen molar-refractivity contribution in [1.82, 2.24) is 14.8 Å². The first-order valence-corrected chi connectivity index (χ1v) is 9.76. The minimum Gasteiger partial charge on any atom is -0.263 e. The molecule has 3 aromatic carbocycles. The highest BCUT2D eigenvalue weighted by molar-refractivity contribution is 6.30. The highest BCUT2D eigenvalue weighted by Crippen LogP contribution is 2.30. The van der Waals surface area contributed by atoms with Crippen LogP contribution in [0.1, 0.15) is 22.5 Å². The van der Waals surface area contributed by atoms with E-state index in [-0.39, 0.29) is 0 Å². The molecule has 5 nitrogen and oxygen atoms in total. The Morgan fingerprint density at radius 1 is 0.828 bits per heavy atom. The Morgan fingerprint density at radius 3 is 2.34 bits per heavy atom. The lowest BCUT2D eigenvalue weighted by atomic mass is 10.0. The van der Waals surface area contributed by atoms with Crippen LogP contribution in [0.25, 0.3) is 5.69 Å². The summed E-state index contributed by atoms with van der Waals surface area (Å²) in [7, 11) is 0. The van der Waals surface area contributed by atoms with Crippen LogP contribution < -0.4 is 5.01 Å². The second-order valence-electron chi connectivity index (χ2n) is 6.90. The molecular formula is C23H18ClN5. The summed E-state index contributed by atoms with van der Waals surface area (Å²) in [4.78, 5) is 0. The number of fused-ring (bicyclic) bond motifs is 3. The number of benzene rings is 3. The van der Waals surface area contributed by atoms with Crippen molar-refractivity contribution in [2.24, 2.45) is 5.10 Å². The minimum atomic E-state index is 0.587. The number of aryl methyl sites for hydroxylation is 1. The van der Waals surface area contributed by atoms with Crippen molar-refractivity contribution in [3.05, 3.63) is 106 Å². The topological polar surface area (TPSA) is 46.3 Å². The number of hydrazone groups is 1. The number of hydrogen-bond donors (Lipinski definition) is 0. The minimum absolute atomic E-state index is 0.587. The summed E-state index contributed by atoms with van der Waals surface area (Å²) in [6.45, 7) is 2.55. The van der Waals surface area contributed by atoms with Gasteiger partial charge in [0.25, 0.3) is 5.95 Å². The van der Waals surface area contributed by atoms with E-state index >= 15 is 0 Å². The second-order valence-corrected chi connectivity index (χ2v) is 7.33. The van der Waals surface area contributed by atoms with Crippen LogP contribution >= 0.6 is 11.6 Å². The van der Waals surface area contributed by atoms with Gasteiger partial charge in [0.1, 0.15) is 11.5 Å². The average Bonchev–Trinajstić information content (AvgIpc) is 3.07. The Bertz CT molecular complexity index is 1200. The maximum atomic E-state index is 6.12. The van der Waals surface area contributed by atoms with Crippen LogP contribution in [0.2, 0.25) is 5.02 Å². The third-order valence-corrected chi connectivity index (χ3v) is 5.20. The molecule has 0 spiro atoms. The molecule has 0 N–H and O–H groups in total. The van der Waals surface area contributed by atoms with Gasteiger partial charge in [-0.1, -0.05) is 72.3 Å². The third kappa shape index (κ3) is 3.19. The largest absolute Gasteiger partial charge is 0.263 e. The van der Waals surface area contributed by atoms with E-state index < -0.39 is 0 Å². The molecule has 0 fully saturated rings. The van der Waals surface area contributed by atoms with Gasteiger partial charge in [-0.05, 0) is 30.7 Å². The first-order valence-electron chi connectivity index (χ1n) is 9.38. The standard InChI is InChI=1S/C23H18ClN5/c1-16-25-26-23-28(15-17-7-3-2-4-8-17)27-22(18-11-13-19(24)14-12-18)20-9-5-6-10-21(20)29(16)23/h2-14H,15H2,1H3. The van der Waals surface area contributed by atoms with Crippen molar-refractivity contribution >= 4 is 23.3 Å². The van der Waals surface area contributed by atoms with E-state index in [2.05, 4.69) is 39.0 Å². The Balaban J connectivity index is 1.73. The Kier molecular flexibility index (Phi) is 4.37. The van der Waals surface area contributed by atoms with Gasteiger partial charge in [0.15, 0.2) is 0 Å². The number of rotatable bonds is 3. The normalized spacial score (nSPS) is 12.8. The van der Waals surface area contributed by atoms with Gasteiger partial charge in [-0.3, -0.25) is 4.57 Å². The number of halogens is 1. The van der Waals surface area contributed by atoms with Gasteiger partial charge in [0, 0.05) is 16.1 Å². The van der Waals surface area contributed by atoms with E-state index in [1.807, 2.05) is 66.5 Å². The smallest absolute Gasteiger partial charge is 0.252 e. The summed E-state index contributed by atoms with van der Waals surface area (Å²) in [5.41, 5.74) is 5.04. The van der Waals surface area contributed by atoms with E-state index in [4.69, 9.17) is 16.7 Å². The van der Waals surface area contributed by atoms with Crippen LogP contribution in [0.15, 0.2) is 84.0 Å². The highest BCUT2D eigenvalue weighted by atomic mass is 35.5. The molecule has 1 aliphatic heterocycles. The molecule has 1 aromatic heterocycles. The van der Waals surface area contributed by atoms with Gasteiger partial charge in [0.2, 0.25) is 0 Å². The quantitative estimate of drug-likeness (QED) is 0.487. The molecule has 0 atom stereocenters. The predicted molar refractivity (Wildman–Crippen MR) is 116 cm³/mol. The lowest BCUT2D eigenvalue weighted by molar-refractivity contribution is 0.796. The zero-order valence-corrected chi connectivity index (χ0v) is 16.6. The molecule has 6 heteroatoms. The van der Waals surface area contributed by atoms with Gasteiger partial charge in [-0.15, -0.1) is 10.2 Å². The number of aromatic nitrogens is 3. The van der Waals surface area contributed by atoms with Crippen molar-refractivity contribution in [3.63, 3.8) is 0 Å². The molecule has 5 rings (SSSR count). The van der Waals surface area contributed by atoms with Crippen LogP contribution in [0.4, 0.5) is 5.95 Å². The number of nitrogens with zero attached hydrogens (tertiary/aromatic N) is 5. The number of hydrogen-bond acceptors (Lipinski definition) is 4. The maximum Gasteiger partial charge on any atom is 0.252 e. The molecule has 0 saturated heterocycles. The van der Waals surface area contributed by atoms with Crippen molar-refractivity contribution in [2.45, 2.75) is 13.5 Å². The Morgan fingerprint density at radius 2 is 1.55 bits per heavy atom. The van der Waals surface area contributed by atoms with Crippen LogP contribution in [-0.2, 0) is 6.54 Å². The zero-order valence-electron chi connectivity index (χ0n) is 15.8. The van der Waals surface area contributed by atoms with Crippen molar-refractivity contribution in [1.29, 1.82) is 0 Å². The summed E-state index contributed by atoms with van der Waals surface area (Å²) in [6.07, 6.45) is 0. The average molecular weight is 400 g/mol. The molecule has 142 valence electrons. The molecule has 0 aliphatic carbocycles. The molecule has 2 heterocycles. The summed E-state index contributed by atoms with van der Waals surface area (Å²) in [5.74, 6) is 1.51. The van der Waals surface area contributed by atoms with Gasteiger partial charge in [-0.2, -0.15) is 5.10 Å². The molecule has 1 aliphatic rings. The molecule has 0 saturated carbocycles. The first kappa shape index (κ1) is 17.6. The maximum absolute atomic E-state index is 6.12. The lowest BCUT2D eigenvalue weighted by Gasteiger charge is -2.18. The van der Waals surface area contributed by atoms with Gasteiger partial charge >= 0.3 is 0 Å². The fraction of sp³-hybridized carbons (Fsp3) is 0.0870. The molecule has 0 unspecified atom stereocenters. The molecule has 4 aromatic rings. The molecule has 29 heavy (non-hydrogen) atoms. The van der Waals surface area contributed by atoms with E-state index in [0.717, 1.165) is 33.9 Å². The molecule has 0 radical (unpaired) electrons. The van der Waals surface area contributed by atoms with E-state index in [0.29, 0.717) is 17.5 Å². The number of para-hydroxylation sites is 1. The first-order chi connectivity index (χ1) is 14.2. The summed E-state index contributed by atoms with van der Waals surface area (Å²) in [5, 5.41) is 16.4. The van der Waals surface area contributed by atoms with Crippen LogP contribution in [-0.4, -0.2) is 20.5 Å². The van der Waals surface area contributed by atoms with E-state index in [9.17, 15) is 0 Å². The van der Waals surface area contributed by atoms with Crippen molar-refractivity contribution < 1.29 is 0 Å². The van der Waals surface area contributed by atoms with E-state index in [1.54, 1.807) is 0 Å². The monoisotopic (exact) mass is 399 g/mol. The summed E-state index contributed by atoms with van der Waals surface area (Å²) in [6, 6.07) is 26.2. The van der Waals surface area contributed by atoms with Crippen LogP contribution in [0, 0.1) is 6.92 Å². The van der Waals surface area contributed by atoms with Gasteiger partial charge in [-0.25, -0.2) is 5.01 Å². The fourth-order valence-electron chi connectivity index (χ4n) is 3.57. The Labute approximate surface area is 173 Å². The zero-order chi connectivity index (χ0) is 19.8. The summed E-state index contributed by atoms with van der Waals surface area (Å²) < 4.78 is 2.06. The van der Waals surface area contributed by atoms with E-state index in [1.165, 1.54) is 0 Å². The van der Waals surface area contributed by atoms with Crippen LogP contribution in [0.3, 0.4) is 0 Å². The van der Waals surface area contributed by atoms with Crippen molar-refractivity contribution in [2.75, 3.05) is 5.01 Å². The van der Waals surface area contributed by atoms with Gasteiger partial charge < -0.3 is 0 Å². The second kappa shape index (κ2) is 7.18. The SMILES string of the molecule is Cc1nnc2n1-c1ccccc1C(c1ccc(Cl)cc1)=NN2Cc1ccccc1. The third-order valence-electron chi connectivity index (χ3n) is 4.95. The molecule has 0 bridgehead atoms. The van der Waals surface area contributed by atoms with Gasteiger partial charge in [0.05, 0.1) is 12.2 Å². The number of anilines is 1. The molecular weight excluding hydrogens is 382 g/mol. The lowest BCUT2D eigenvalue weighted by Crippen LogP contribution is -2.20. The fourth-order valence-corrected chi connectivity index (χ4v) is 3.70. The van der Waals surface area contributed by atoms with Crippen LogP contribution in [0.5, 0.6) is 0 Å². The summed E-state index contributed by atoms with van der Waals surface area (Å²) >= 11 is 6.12.